The summed E-state index contributed by atoms with van der Waals surface area (Å²) in [5.41, 5.74) is 0. The lowest BCUT2D eigenvalue weighted by Gasteiger charge is -2.11. The molecular formula is C7H15NO3. The average molecular weight is 161 g/mol. The monoisotopic (exact) mass is 161 g/mol. The first-order valence-corrected chi connectivity index (χ1v) is 3.59. The van der Waals surface area contributed by atoms with Gasteiger partial charge in [0.2, 0.25) is 0 Å². The molecule has 0 bridgehead atoms. The second kappa shape index (κ2) is 6.12. The zero-order valence-electron chi connectivity index (χ0n) is 7.04. The van der Waals surface area contributed by atoms with Crippen molar-refractivity contribution < 1.29 is 14.6 Å². The zero-order chi connectivity index (χ0) is 8.69. The van der Waals surface area contributed by atoms with Crippen LogP contribution in [0.1, 0.15) is 13.3 Å². The molecule has 66 valence electrons. The molecule has 0 fully saturated rings. The van der Waals surface area contributed by atoms with E-state index in [-0.39, 0.29) is 12.7 Å². The lowest BCUT2D eigenvalue weighted by atomic mass is 10.4. The molecule has 0 spiro atoms. The van der Waals surface area contributed by atoms with Gasteiger partial charge in [-0.3, -0.25) is 9.69 Å². The Labute approximate surface area is 66.8 Å². The summed E-state index contributed by atoms with van der Waals surface area (Å²) in [6.07, 6.45) is 0.761. The fraction of sp³-hybridized carbons (Fsp3) is 0.857. The minimum absolute atomic E-state index is 0.0417. The molecule has 4 nitrogen and oxygen atoms in total. The summed E-state index contributed by atoms with van der Waals surface area (Å²) in [5.74, 6) is -0.253. The molecule has 0 radical (unpaired) electrons. The first kappa shape index (κ1) is 10.4. The van der Waals surface area contributed by atoms with Crippen molar-refractivity contribution in [2.24, 2.45) is 0 Å². The smallest absolute Gasteiger partial charge is 0.302 e. The molecule has 11 heavy (non-hydrogen) atoms. The van der Waals surface area contributed by atoms with Crippen LogP contribution in [0.3, 0.4) is 0 Å². The topological polar surface area (TPSA) is 49.8 Å². The summed E-state index contributed by atoms with van der Waals surface area (Å²) in [5, 5.41) is 8.56. The van der Waals surface area contributed by atoms with Crippen molar-refractivity contribution >= 4 is 5.97 Å². The highest BCUT2D eigenvalue weighted by molar-refractivity contribution is 5.65. The van der Waals surface area contributed by atoms with Gasteiger partial charge in [0.1, 0.15) is 0 Å². The second-order valence-corrected chi connectivity index (χ2v) is 2.41. The van der Waals surface area contributed by atoms with Crippen molar-refractivity contribution in [2.45, 2.75) is 13.3 Å². The molecule has 0 atom stereocenters. The van der Waals surface area contributed by atoms with Crippen LogP contribution in [0.5, 0.6) is 0 Å². The number of aliphatic hydroxyl groups excluding tert-OH is 1. The van der Waals surface area contributed by atoms with E-state index in [2.05, 4.69) is 4.74 Å². The number of nitrogens with zero attached hydrogens (tertiary/aromatic N) is 1. The quantitative estimate of drug-likeness (QED) is 0.345. The molecule has 0 aliphatic rings. The van der Waals surface area contributed by atoms with Crippen LogP contribution in [0, 0.1) is 0 Å². The van der Waals surface area contributed by atoms with Crippen LogP contribution in [-0.4, -0.2) is 42.9 Å². The number of hydrogen-bond donors (Lipinski definition) is 1. The fourth-order valence-corrected chi connectivity index (χ4v) is 0.621. The van der Waals surface area contributed by atoms with E-state index in [0.29, 0.717) is 6.61 Å². The van der Waals surface area contributed by atoms with E-state index in [9.17, 15) is 4.79 Å². The third kappa shape index (κ3) is 7.29. The van der Waals surface area contributed by atoms with Crippen LogP contribution in [0.2, 0.25) is 0 Å². The van der Waals surface area contributed by atoms with Gasteiger partial charge in [-0.25, -0.2) is 0 Å². The predicted octanol–water partition coefficient (Wildman–Crippen LogP) is -0.179. The highest BCUT2D eigenvalue weighted by atomic mass is 16.5. The van der Waals surface area contributed by atoms with Crippen LogP contribution >= 0.6 is 0 Å². The summed E-state index contributed by atoms with van der Waals surface area (Å²) in [4.78, 5) is 12.0. The minimum atomic E-state index is -0.253. The average Bonchev–Trinajstić information content (AvgIpc) is 1.97. The molecule has 0 aromatic rings. The molecule has 0 unspecified atom stereocenters. The number of hydrogen-bond acceptors (Lipinski definition) is 4. The number of carbonyl (C=O) groups excluding carboxylic acids is 1. The van der Waals surface area contributed by atoms with E-state index in [0.717, 1.165) is 13.0 Å². The lowest BCUT2D eigenvalue weighted by Crippen LogP contribution is -2.21. The van der Waals surface area contributed by atoms with Crippen LogP contribution < -0.4 is 0 Å². The molecule has 0 saturated heterocycles. The molecule has 0 heterocycles. The summed E-state index contributed by atoms with van der Waals surface area (Å²) >= 11 is 0. The van der Waals surface area contributed by atoms with Gasteiger partial charge in [-0.1, -0.05) is 0 Å². The molecule has 0 saturated carbocycles. The standard InChI is InChI=1S/C7H15NO3/c1-7(10)11-5-3-4-8(2)6-9/h9H,3-6H2,1-2H3. The van der Waals surface area contributed by atoms with E-state index >= 15 is 0 Å². The van der Waals surface area contributed by atoms with E-state index in [1.807, 2.05) is 0 Å². The summed E-state index contributed by atoms with van der Waals surface area (Å²) < 4.78 is 4.69. The molecular weight excluding hydrogens is 146 g/mol. The van der Waals surface area contributed by atoms with Gasteiger partial charge in [0.05, 0.1) is 13.3 Å². The molecule has 4 heteroatoms. The Morgan fingerprint density at radius 3 is 2.73 bits per heavy atom. The van der Waals surface area contributed by atoms with Crippen molar-refractivity contribution in [2.75, 3.05) is 26.9 Å². The first-order chi connectivity index (χ1) is 5.16. The zero-order valence-corrected chi connectivity index (χ0v) is 7.04. The van der Waals surface area contributed by atoms with Crippen molar-refractivity contribution in [3.63, 3.8) is 0 Å². The SMILES string of the molecule is CC(=O)OCCCN(C)CO. The third-order valence-corrected chi connectivity index (χ3v) is 1.23. The third-order valence-electron chi connectivity index (χ3n) is 1.23. The van der Waals surface area contributed by atoms with Crippen LogP contribution in [0.4, 0.5) is 0 Å². The Balaban J connectivity index is 3.08. The highest BCUT2D eigenvalue weighted by Crippen LogP contribution is 1.87. The van der Waals surface area contributed by atoms with Crippen LogP contribution in [0.15, 0.2) is 0 Å². The van der Waals surface area contributed by atoms with E-state index < -0.39 is 0 Å². The fourth-order valence-electron chi connectivity index (χ4n) is 0.621. The van der Waals surface area contributed by atoms with E-state index in [4.69, 9.17) is 5.11 Å². The second-order valence-electron chi connectivity index (χ2n) is 2.41. The molecule has 0 aromatic carbocycles. The summed E-state index contributed by atoms with van der Waals surface area (Å²) in [6.45, 7) is 2.60. The van der Waals surface area contributed by atoms with Crippen molar-refractivity contribution in [1.29, 1.82) is 0 Å². The summed E-state index contributed by atoms with van der Waals surface area (Å²) in [7, 11) is 1.80. The molecule has 0 aromatic heterocycles. The van der Waals surface area contributed by atoms with Gasteiger partial charge in [0, 0.05) is 13.5 Å². The Morgan fingerprint density at radius 1 is 1.64 bits per heavy atom. The molecule has 1 N–H and O–H groups in total. The van der Waals surface area contributed by atoms with Gasteiger partial charge >= 0.3 is 5.97 Å². The molecule has 0 aliphatic heterocycles. The van der Waals surface area contributed by atoms with E-state index in [1.54, 1.807) is 11.9 Å². The van der Waals surface area contributed by atoms with Gasteiger partial charge in [0.15, 0.2) is 0 Å². The highest BCUT2D eigenvalue weighted by Gasteiger charge is 1.96. The largest absolute Gasteiger partial charge is 0.466 e. The van der Waals surface area contributed by atoms with Crippen molar-refractivity contribution in [3.8, 4) is 0 Å². The molecule has 0 aliphatic carbocycles. The minimum Gasteiger partial charge on any atom is -0.466 e. The maximum absolute atomic E-state index is 10.3. The normalized spacial score (nSPS) is 10.2. The van der Waals surface area contributed by atoms with Crippen LogP contribution in [0.25, 0.3) is 0 Å². The van der Waals surface area contributed by atoms with Gasteiger partial charge in [0.25, 0.3) is 0 Å². The number of rotatable bonds is 5. The Bertz CT molecular complexity index is 116. The Morgan fingerprint density at radius 2 is 2.27 bits per heavy atom. The van der Waals surface area contributed by atoms with Gasteiger partial charge < -0.3 is 9.84 Å². The lowest BCUT2D eigenvalue weighted by molar-refractivity contribution is -0.141. The Hall–Kier alpha value is -0.610. The summed E-state index contributed by atoms with van der Waals surface area (Å²) in [6, 6.07) is 0. The molecule has 0 rings (SSSR count). The number of ether oxygens (including phenoxy) is 1. The van der Waals surface area contributed by atoms with Crippen molar-refractivity contribution in [1.82, 2.24) is 4.90 Å². The predicted molar refractivity (Wildman–Crippen MR) is 41.0 cm³/mol. The maximum Gasteiger partial charge on any atom is 0.302 e. The molecule has 0 amide bonds. The van der Waals surface area contributed by atoms with Crippen LogP contribution in [-0.2, 0) is 9.53 Å². The van der Waals surface area contributed by atoms with Gasteiger partial charge in [-0.2, -0.15) is 0 Å². The maximum atomic E-state index is 10.3. The number of esters is 1. The number of aliphatic hydroxyl groups is 1. The van der Waals surface area contributed by atoms with Gasteiger partial charge in [-0.15, -0.1) is 0 Å². The Kier molecular flexibility index (Phi) is 5.78. The number of carbonyl (C=O) groups is 1. The van der Waals surface area contributed by atoms with E-state index in [1.165, 1.54) is 6.92 Å². The van der Waals surface area contributed by atoms with Gasteiger partial charge in [-0.05, 0) is 13.5 Å². The first-order valence-electron chi connectivity index (χ1n) is 3.59. The van der Waals surface area contributed by atoms with Crippen molar-refractivity contribution in [3.05, 3.63) is 0 Å².